The van der Waals surface area contributed by atoms with Crippen molar-refractivity contribution in [2.45, 2.75) is 46.2 Å². The number of amides is 1. The Morgan fingerprint density at radius 3 is 2.59 bits per heavy atom. The first-order chi connectivity index (χ1) is 13.0. The fourth-order valence-electron chi connectivity index (χ4n) is 3.48. The van der Waals surface area contributed by atoms with Gasteiger partial charge in [-0.3, -0.25) is 4.79 Å². The average Bonchev–Trinajstić information content (AvgIpc) is 3.27. The van der Waals surface area contributed by atoms with Crippen molar-refractivity contribution in [3.05, 3.63) is 70.6 Å². The van der Waals surface area contributed by atoms with Gasteiger partial charge in [0.1, 0.15) is 6.04 Å². The SMILES string of the molecule is Cc1ccc(-c2noc(C3CCC(=O)N3Cc3ccc(C)c(C)c3)n2)cc1. The number of hydrogen-bond acceptors (Lipinski definition) is 4. The topological polar surface area (TPSA) is 59.2 Å². The molecule has 2 aromatic carbocycles. The Labute approximate surface area is 159 Å². The Morgan fingerprint density at radius 2 is 1.85 bits per heavy atom. The van der Waals surface area contributed by atoms with Crippen LogP contribution in [0.25, 0.3) is 11.4 Å². The van der Waals surface area contributed by atoms with Gasteiger partial charge in [0.25, 0.3) is 0 Å². The summed E-state index contributed by atoms with van der Waals surface area (Å²) in [5.74, 6) is 1.21. The number of rotatable bonds is 4. The lowest BCUT2D eigenvalue weighted by atomic mass is 10.1. The van der Waals surface area contributed by atoms with Crippen LogP contribution in [0.15, 0.2) is 47.0 Å². The standard InChI is InChI=1S/C22H23N3O2/c1-14-4-8-18(9-5-14)21-23-22(27-24-21)19-10-11-20(26)25(19)13-17-7-6-15(2)16(3)12-17/h4-9,12,19H,10-11,13H2,1-3H3. The second-order valence-corrected chi connectivity index (χ2v) is 7.32. The maximum absolute atomic E-state index is 12.5. The van der Waals surface area contributed by atoms with E-state index in [-0.39, 0.29) is 11.9 Å². The van der Waals surface area contributed by atoms with Gasteiger partial charge in [-0.05, 0) is 43.9 Å². The fourth-order valence-corrected chi connectivity index (χ4v) is 3.48. The Kier molecular flexibility index (Phi) is 4.52. The smallest absolute Gasteiger partial charge is 0.249 e. The molecule has 0 spiro atoms. The largest absolute Gasteiger partial charge is 0.337 e. The number of likely N-dealkylation sites (tertiary alicyclic amines) is 1. The summed E-state index contributed by atoms with van der Waals surface area (Å²) in [6, 6.07) is 14.2. The van der Waals surface area contributed by atoms with E-state index < -0.39 is 0 Å². The molecule has 1 aliphatic heterocycles. The number of nitrogens with zero attached hydrogens (tertiary/aromatic N) is 3. The van der Waals surface area contributed by atoms with Gasteiger partial charge in [-0.1, -0.05) is 53.2 Å². The first kappa shape index (κ1) is 17.5. The first-order valence-corrected chi connectivity index (χ1v) is 9.27. The summed E-state index contributed by atoms with van der Waals surface area (Å²) in [4.78, 5) is 18.9. The Hall–Kier alpha value is -2.95. The molecule has 1 aromatic heterocycles. The van der Waals surface area contributed by atoms with Crippen molar-refractivity contribution in [2.75, 3.05) is 0 Å². The molecule has 4 rings (SSSR count). The fraction of sp³-hybridized carbons (Fsp3) is 0.318. The van der Waals surface area contributed by atoms with E-state index in [9.17, 15) is 4.79 Å². The van der Waals surface area contributed by atoms with Crippen molar-refractivity contribution >= 4 is 5.91 Å². The number of hydrogen-bond donors (Lipinski definition) is 0. The molecule has 5 nitrogen and oxygen atoms in total. The highest BCUT2D eigenvalue weighted by Crippen LogP contribution is 2.34. The molecule has 1 amide bonds. The van der Waals surface area contributed by atoms with Gasteiger partial charge >= 0.3 is 0 Å². The van der Waals surface area contributed by atoms with E-state index in [2.05, 4.69) is 42.2 Å². The average molecular weight is 361 g/mol. The molecule has 0 saturated carbocycles. The first-order valence-electron chi connectivity index (χ1n) is 9.27. The lowest BCUT2D eigenvalue weighted by molar-refractivity contribution is -0.129. The van der Waals surface area contributed by atoms with Crippen molar-refractivity contribution in [1.82, 2.24) is 15.0 Å². The van der Waals surface area contributed by atoms with Gasteiger partial charge < -0.3 is 9.42 Å². The van der Waals surface area contributed by atoms with Gasteiger partial charge in [0.15, 0.2) is 0 Å². The molecule has 1 atom stereocenters. The highest BCUT2D eigenvalue weighted by Gasteiger charge is 2.36. The van der Waals surface area contributed by atoms with Crippen LogP contribution >= 0.6 is 0 Å². The van der Waals surface area contributed by atoms with E-state index in [1.807, 2.05) is 36.1 Å². The molecule has 0 bridgehead atoms. The quantitative estimate of drug-likeness (QED) is 0.685. The van der Waals surface area contributed by atoms with Crippen molar-refractivity contribution in [3.63, 3.8) is 0 Å². The second-order valence-electron chi connectivity index (χ2n) is 7.32. The van der Waals surface area contributed by atoms with Crippen LogP contribution in [-0.2, 0) is 11.3 Å². The Morgan fingerprint density at radius 1 is 1.07 bits per heavy atom. The van der Waals surface area contributed by atoms with Crippen LogP contribution in [0.1, 0.15) is 47.0 Å². The van der Waals surface area contributed by atoms with Crippen molar-refractivity contribution < 1.29 is 9.32 Å². The van der Waals surface area contributed by atoms with Gasteiger partial charge in [-0.15, -0.1) is 0 Å². The van der Waals surface area contributed by atoms with Crippen molar-refractivity contribution in [2.24, 2.45) is 0 Å². The van der Waals surface area contributed by atoms with Crippen LogP contribution in [0.4, 0.5) is 0 Å². The minimum Gasteiger partial charge on any atom is -0.337 e. The minimum atomic E-state index is -0.161. The number of aromatic nitrogens is 2. The lowest BCUT2D eigenvalue weighted by Gasteiger charge is -2.22. The third-order valence-electron chi connectivity index (χ3n) is 5.29. The predicted octanol–water partition coefficient (Wildman–Crippen LogP) is 4.53. The maximum Gasteiger partial charge on any atom is 0.249 e. The number of carbonyl (C=O) groups excluding carboxylic acids is 1. The number of benzene rings is 2. The van der Waals surface area contributed by atoms with E-state index in [0.29, 0.717) is 31.1 Å². The van der Waals surface area contributed by atoms with E-state index in [0.717, 1.165) is 11.1 Å². The van der Waals surface area contributed by atoms with Gasteiger partial charge in [-0.25, -0.2) is 0 Å². The maximum atomic E-state index is 12.5. The zero-order valence-corrected chi connectivity index (χ0v) is 15.9. The van der Waals surface area contributed by atoms with E-state index in [1.54, 1.807) is 0 Å². The number of aryl methyl sites for hydroxylation is 3. The van der Waals surface area contributed by atoms with Gasteiger partial charge in [0.05, 0.1) is 0 Å². The molecule has 0 aliphatic carbocycles. The van der Waals surface area contributed by atoms with Crippen molar-refractivity contribution in [1.29, 1.82) is 0 Å². The van der Waals surface area contributed by atoms with Crippen LogP contribution in [-0.4, -0.2) is 20.9 Å². The van der Waals surface area contributed by atoms with E-state index in [4.69, 9.17) is 4.52 Å². The minimum absolute atomic E-state index is 0.133. The summed E-state index contributed by atoms with van der Waals surface area (Å²) >= 11 is 0. The predicted molar refractivity (Wildman–Crippen MR) is 103 cm³/mol. The van der Waals surface area contributed by atoms with Crippen LogP contribution in [0.3, 0.4) is 0 Å². The van der Waals surface area contributed by atoms with Crippen LogP contribution in [0, 0.1) is 20.8 Å². The molecule has 1 fully saturated rings. The molecule has 138 valence electrons. The van der Waals surface area contributed by atoms with Gasteiger partial charge in [0.2, 0.25) is 17.6 Å². The third-order valence-corrected chi connectivity index (χ3v) is 5.29. The summed E-state index contributed by atoms with van der Waals surface area (Å²) in [5.41, 5.74) is 5.71. The molecule has 5 heteroatoms. The molecular formula is C22H23N3O2. The zero-order valence-electron chi connectivity index (χ0n) is 15.9. The summed E-state index contributed by atoms with van der Waals surface area (Å²) in [7, 11) is 0. The lowest BCUT2D eigenvalue weighted by Crippen LogP contribution is -2.27. The third kappa shape index (κ3) is 3.50. The van der Waals surface area contributed by atoms with Crippen LogP contribution < -0.4 is 0 Å². The highest BCUT2D eigenvalue weighted by atomic mass is 16.5. The molecule has 1 aliphatic rings. The second kappa shape index (κ2) is 6.99. The molecule has 0 N–H and O–H groups in total. The normalized spacial score (nSPS) is 16.9. The van der Waals surface area contributed by atoms with Crippen LogP contribution in [0.2, 0.25) is 0 Å². The van der Waals surface area contributed by atoms with E-state index in [1.165, 1.54) is 16.7 Å². The zero-order chi connectivity index (χ0) is 19.0. The summed E-state index contributed by atoms with van der Waals surface area (Å²) in [6.07, 6.45) is 1.22. The van der Waals surface area contributed by atoms with Gasteiger partial charge in [-0.2, -0.15) is 4.98 Å². The molecular weight excluding hydrogens is 338 g/mol. The molecule has 2 heterocycles. The summed E-state index contributed by atoms with van der Waals surface area (Å²) in [6.45, 7) is 6.79. The summed E-state index contributed by atoms with van der Waals surface area (Å²) < 4.78 is 5.54. The van der Waals surface area contributed by atoms with Gasteiger partial charge in [0, 0.05) is 18.5 Å². The monoisotopic (exact) mass is 361 g/mol. The van der Waals surface area contributed by atoms with Crippen LogP contribution in [0.5, 0.6) is 0 Å². The Bertz CT molecular complexity index is 975. The number of carbonyl (C=O) groups is 1. The molecule has 1 saturated heterocycles. The van der Waals surface area contributed by atoms with E-state index >= 15 is 0 Å². The highest BCUT2D eigenvalue weighted by molar-refractivity contribution is 5.78. The molecule has 0 radical (unpaired) electrons. The molecule has 27 heavy (non-hydrogen) atoms. The molecule has 1 unspecified atom stereocenters. The van der Waals surface area contributed by atoms with Crippen molar-refractivity contribution in [3.8, 4) is 11.4 Å². The Balaban J connectivity index is 1.57. The summed E-state index contributed by atoms with van der Waals surface area (Å²) in [5, 5.41) is 4.13. The molecule has 3 aromatic rings.